The van der Waals surface area contributed by atoms with E-state index in [-0.39, 0.29) is 17.4 Å². The molecule has 2 aliphatic heterocycles. The molecule has 1 aromatic rings. The highest BCUT2D eigenvalue weighted by atomic mass is 19.1. The van der Waals surface area contributed by atoms with Crippen LogP contribution < -0.4 is 15.5 Å². The number of rotatable bonds is 5. The molecule has 3 rings (SSSR count). The number of benzene rings is 1. The highest BCUT2D eigenvalue weighted by Crippen LogP contribution is 2.27. The Morgan fingerprint density at radius 3 is 2.52 bits per heavy atom. The second-order valence-corrected chi connectivity index (χ2v) is 7.05. The van der Waals surface area contributed by atoms with Gasteiger partial charge < -0.3 is 25.2 Å². The number of ether oxygens (including phenoxy) is 1. The van der Waals surface area contributed by atoms with E-state index in [0.717, 1.165) is 38.1 Å². The summed E-state index contributed by atoms with van der Waals surface area (Å²) in [6.45, 7) is 7.22. The van der Waals surface area contributed by atoms with Crippen LogP contribution in [0.25, 0.3) is 0 Å². The van der Waals surface area contributed by atoms with Gasteiger partial charge in [-0.15, -0.1) is 0 Å². The Balaban J connectivity index is 1.59. The first-order valence-electron chi connectivity index (χ1n) is 9.67. The Labute approximate surface area is 158 Å². The van der Waals surface area contributed by atoms with Crippen molar-refractivity contribution in [3.05, 3.63) is 23.8 Å². The predicted octanol–water partition coefficient (Wildman–Crippen LogP) is 2.65. The number of nitrogens with zero attached hydrogens (tertiary/aromatic N) is 2. The standard InChI is InChI=1S/C19H28F2N4O2/c1-2-22-13-14-3-5-25(6-4-14)19(26)23-17-11-16(21)18(12-15(17)20)24-7-9-27-10-8-24/h11-12,14,22H,2-10,13H2,1H3,(H,23,26). The van der Waals surface area contributed by atoms with E-state index in [0.29, 0.717) is 45.3 Å². The lowest BCUT2D eigenvalue weighted by molar-refractivity contribution is 0.122. The fourth-order valence-corrected chi connectivity index (χ4v) is 3.56. The normalized spacial score (nSPS) is 18.6. The summed E-state index contributed by atoms with van der Waals surface area (Å²) in [5.74, 6) is -0.623. The van der Waals surface area contributed by atoms with Crippen LogP contribution in [0.2, 0.25) is 0 Å². The van der Waals surface area contributed by atoms with Crippen LogP contribution in [0.1, 0.15) is 19.8 Å². The van der Waals surface area contributed by atoms with Gasteiger partial charge in [-0.05, 0) is 31.8 Å². The highest BCUT2D eigenvalue weighted by molar-refractivity contribution is 5.89. The van der Waals surface area contributed by atoms with Gasteiger partial charge in [-0.25, -0.2) is 13.6 Å². The van der Waals surface area contributed by atoms with Crippen molar-refractivity contribution in [1.29, 1.82) is 0 Å². The van der Waals surface area contributed by atoms with Crippen molar-refractivity contribution in [3.63, 3.8) is 0 Å². The molecular weight excluding hydrogens is 354 g/mol. The molecule has 0 saturated carbocycles. The molecule has 2 aliphatic rings. The Morgan fingerprint density at radius 2 is 1.85 bits per heavy atom. The molecule has 1 aromatic carbocycles. The molecule has 27 heavy (non-hydrogen) atoms. The molecule has 0 unspecified atom stereocenters. The Kier molecular flexibility index (Phi) is 6.84. The molecule has 0 aliphatic carbocycles. The number of morpholine rings is 1. The van der Waals surface area contributed by atoms with Gasteiger partial charge in [-0.3, -0.25) is 0 Å². The minimum absolute atomic E-state index is 0.121. The summed E-state index contributed by atoms with van der Waals surface area (Å²) < 4.78 is 34.1. The number of nitrogens with one attached hydrogen (secondary N) is 2. The second kappa shape index (κ2) is 9.32. The van der Waals surface area contributed by atoms with Gasteiger partial charge in [0.1, 0.15) is 11.6 Å². The number of anilines is 2. The van der Waals surface area contributed by atoms with Crippen molar-refractivity contribution in [2.24, 2.45) is 5.92 Å². The van der Waals surface area contributed by atoms with Gasteiger partial charge in [0.15, 0.2) is 0 Å². The molecule has 0 aromatic heterocycles. The Bertz CT molecular complexity index is 645. The van der Waals surface area contributed by atoms with Crippen molar-refractivity contribution in [3.8, 4) is 0 Å². The van der Waals surface area contributed by atoms with E-state index < -0.39 is 11.6 Å². The van der Waals surface area contributed by atoms with Crippen molar-refractivity contribution in [1.82, 2.24) is 10.2 Å². The van der Waals surface area contributed by atoms with Gasteiger partial charge in [0, 0.05) is 38.3 Å². The highest BCUT2D eigenvalue weighted by Gasteiger charge is 2.24. The molecule has 6 nitrogen and oxygen atoms in total. The first-order chi connectivity index (χ1) is 13.1. The van der Waals surface area contributed by atoms with Crippen LogP contribution in [0.4, 0.5) is 25.0 Å². The maximum atomic E-state index is 14.5. The quantitative estimate of drug-likeness (QED) is 0.822. The fraction of sp³-hybridized carbons (Fsp3) is 0.632. The zero-order valence-corrected chi connectivity index (χ0v) is 15.8. The number of carbonyl (C=O) groups excluding carboxylic acids is 1. The summed E-state index contributed by atoms with van der Waals surface area (Å²) in [5, 5.41) is 5.85. The number of urea groups is 1. The monoisotopic (exact) mass is 382 g/mol. The van der Waals surface area contributed by atoms with Gasteiger partial charge in [-0.2, -0.15) is 0 Å². The molecule has 0 atom stereocenters. The molecule has 2 N–H and O–H groups in total. The summed E-state index contributed by atoms with van der Waals surface area (Å²) in [7, 11) is 0. The van der Waals surface area contributed by atoms with Crippen LogP contribution in [-0.4, -0.2) is 63.4 Å². The maximum Gasteiger partial charge on any atom is 0.321 e. The van der Waals surface area contributed by atoms with Crippen molar-refractivity contribution < 1.29 is 18.3 Å². The molecule has 0 bridgehead atoms. The SMILES string of the molecule is CCNCC1CCN(C(=O)Nc2cc(F)c(N3CCOCC3)cc2F)CC1. The molecule has 2 saturated heterocycles. The van der Waals surface area contributed by atoms with E-state index in [9.17, 15) is 13.6 Å². The number of likely N-dealkylation sites (tertiary alicyclic amines) is 1. The van der Waals surface area contributed by atoms with E-state index in [1.165, 1.54) is 0 Å². The van der Waals surface area contributed by atoms with Gasteiger partial charge in [0.2, 0.25) is 0 Å². The lowest BCUT2D eigenvalue weighted by atomic mass is 9.97. The number of carbonyl (C=O) groups is 1. The van der Waals surface area contributed by atoms with Crippen molar-refractivity contribution in [2.75, 3.05) is 62.7 Å². The second-order valence-electron chi connectivity index (χ2n) is 7.05. The Hall–Kier alpha value is -1.93. The van der Waals surface area contributed by atoms with Crippen LogP contribution >= 0.6 is 0 Å². The summed E-state index contributed by atoms with van der Waals surface area (Å²) in [6.07, 6.45) is 1.82. The van der Waals surface area contributed by atoms with Crippen molar-refractivity contribution >= 4 is 17.4 Å². The summed E-state index contributed by atoms with van der Waals surface area (Å²) >= 11 is 0. The first kappa shape index (κ1) is 19.8. The molecule has 150 valence electrons. The average molecular weight is 382 g/mol. The maximum absolute atomic E-state index is 14.5. The third-order valence-electron chi connectivity index (χ3n) is 5.21. The molecular formula is C19H28F2N4O2. The van der Waals surface area contributed by atoms with Crippen molar-refractivity contribution in [2.45, 2.75) is 19.8 Å². The van der Waals surface area contributed by atoms with Gasteiger partial charge in [0.05, 0.1) is 24.6 Å². The van der Waals surface area contributed by atoms with Gasteiger partial charge in [-0.1, -0.05) is 6.92 Å². The number of hydrogen-bond donors (Lipinski definition) is 2. The van der Waals surface area contributed by atoms with E-state index in [2.05, 4.69) is 17.6 Å². The van der Waals surface area contributed by atoms with E-state index in [4.69, 9.17) is 4.74 Å². The lowest BCUT2D eigenvalue weighted by Gasteiger charge is -2.32. The number of halogens is 2. The molecule has 0 spiro atoms. The van der Waals surface area contributed by atoms with Gasteiger partial charge in [0.25, 0.3) is 0 Å². The van der Waals surface area contributed by atoms with E-state index >= 15 is 0 Å². The van der Waals surface area contributed by atoms with Crippen LogP contribution in [0.3, 0.4) is 0 Å². The fourth-order valence-electron chi connectivity index (χ4n) is 3.56. The summed E-state index contributed by atoms with van der Waals surface area (Å²) in [5.41, 5.74) is 0.0855. The third-order valence-corrected chi connectivity index (χ3v) is 5.21. The first-order valence-corrected chi connectivity index (χ1v) is 9.67. The average Bonchev–Trinajstić information content (AvgIpc) is 2.70. The van der Waals surface area contributed by atoms with Crippen LogP contribution in [0.15, 0.2) is 12.1 Å². The minimum atomic E-state index is -0.631. The summed E-state index contributed by atoms with van der Waals surface area (Å²) in [6, 6.07) is 1.84. The van der Waals surface area contributed by atoms with E-state index in [1.54, 1.807) is 9.80 Å². The molecule has 2 heterocycles. The lowest BCUT2D eigenvalue weighted by Crippen LogP contribution is -2.43. The van der Waals surface area contributed by atoms with Crippen LogP contribution in [0.5, 0.6) is 0 Å². The van der Waals surface area contributed by atoms with Crippen LogP contribution in [0, 0.1) is 17.6 Å². The number of piperidine rings is 1. The smallest absolute Gasteiger partial charge is 0.321 e. The predicted molar refractivity (Wildman–Crippen MR) is 101 cm³/mol. The third kappa shape index (κ3) is 5.07. The largest absolute Gasteiger partial charge is 0.378 e. The van der Waals surface area contributed by atoms with E-state index in [1.807, 2.05) is 0 Å². The summed E-state index contributed by atoms with van der Waals surface area (Å²) in [4.78, 5) is 15.8. The molecule has 8 heteroatoms. The van der Waals surface area contributed by atoms with Crippen LogP contribution in [-0.2, 0) is 4.74 Å². The number of hydrogen-bond acceptors (Lipinski definition) is 4. The zero-order chi connectivity index (χ0) is 19.2. The van der Waals surface area contributed by atoms with Gasteiger partial charge >= 0.3 is 6.03 Å². The molecule has 0 radical (unpaired) electrons. The zero-order valence-electron chi connectivity index (χ0n) is 15.8. The Morgan fingerprint density at radius 1 is 1.15 bits per heavy atom. The molecule has 2 fully saturated rings. The topological polar surface area (TPSA) is 56.8 Å². The minimum Gasteiger partial charge on any atom is -0.378 e. The number of amides is 2. The molecule has 2 amide bonds.